The van der Waals surface area contributed by atoms with Crippen LogP contribution in [0.4, 0.5) is 10.5 Å². The minimum atomic E-state index is -0.826. The molecule has 0 aromatic heterocycles. The second-order valence-electron chi connectivity index (χ2n) is 8.15. The third-order valence-corrected chi connectivity index (χ3v) is 5.95. The van der Waals surface area contributed by atoms with Gasteiger partial charge < -0.3 is 19.1 Å². The van der Waals surface area contributed by atoms with E-state index in [9.17, 15) is 19.2 Å². The summed E-state index contributed by atoms with van der Waals surface area (Å²) >= 11 is 0. The molecule has 10 nitrogen and oxygen atoms in total. The Bertz CT molecular complexity index is 1270. The van der Waals surface area contributed by atoms with Gasteiger partial charge in [-0.2, -0.15) is 0 Å². The van der Waals surface area contributed by atoms with Crippen LogP contribution in [0.2, 0.25) is 0 Å². The molecule has 1 fully saturated rings. The minimum absolute atomic E-state index is 0.00646. The Morgan fingerprint density at radius 2 is 1.97 bits per heavy atom. The van der Waals surface area contributed by atoms with Gasteiger partial charge >= 0.3 is 6.03 Å². The van der Waals surface area contributed by atoms with Crippen molar-refractivity contribution in [3.05, 3.63) is 52.6 Å². The molecule has 2 aromatic carbocycles. The van der Waals surface area contributed by atoms with E-state index in [0.29, 0.717) is 46.8 Å². The Balaban J connectivity index is 1.82. The lowest BCUT2D eigenvalue weighted by molar-refractivity contribution is -0.127. The molecule has 2 aliphatic heterocycles. The number of likely N-dealkylation sites (N-methyl/N-ethyl adjacent to an activating group) is 1. The highest BCUT2D eigenvalue weighted by molar-refractivity contribution is 6.39. The van der Waals surface area contributed by atoms with E-state index in [1.165, 1.54) is 20.1 Å². The Morgan fingerprint density at radius 1 is 1.23 bits per heavy atom. The molecule has 0 saturated carbocycles. The molecule has 35 heavy (non-hydrogen) atoms. The van der Waals surface area contributed by atoms with E-state index in [-0.39, 0.29) is 24.0 Å². The number of ether oxygens (including phenoxy) is 3. The molecule has 2 aliphatic rings. The Morgan fingerprint density at radius 3 is 2.66 bits per heavy atom. The predicted octanol–water partition coefficient (Wildman–Crippen LogP) is 2.42. The maximum Gasteiger partial charge on any atom is 0.335 e. The van der Waals surface area contributed by atoms with Crippen molar-refractivity contribution in [3.63, 3.8) is 0 Å². The molecule has 5 amide bonds. The monoisotopic (exact) mass is 479 g/mol. The van der Waals surface area contributed by atoms with Gasteiger partial charge in [-0.05, 0) is 42.7 Å². The standard InChI is InChI=1S/C25H25N3O7/c1-14-7-5-6-8-19(14)28-24(31)18(23(30)26-25(28)32)12-17-16(9-10-27(3)15(2)29)11-20-22(21(17)33-4)35-13-34-20/h5-8,11-12H,9-10,13H2,1-4H3,(H,26,30,32)/b18-12-. The van der Waals surface area contributed by atoms with Gasteiger partial charge in [0.05, 0.1) is 12.8 Å². The van der Waals surface area contributed by atoms with E-state index < -0.39 is 17.8 Å². The number of hydrogen-bond donors (Lipinski definition) is 1. The second kappa shape index (κ2) is 9.49. The number of imide groups is 2. The van der Waals surface area contributed by atoms with Crippen LogP contribution in [0, 0.1) is 6.92 Å². The summed E-state index contributed by atoms with van der Waals surface area (Å²) < 4.78 is 16.7. The first-order valence-corrected chi connectivity index (χ1v) is 10.9. The summed E-state index contributed by atoms with van der Waals surface area (Å²) in [6.45, 7) is 3.60. The molecule has 0 radical (unpaired) electrons. The van der Waals surface area contributed by atoms with E-state index in [1.54, 1.807) is 49.2 Å². The van der Waals surface area contributed by atoms with Gasteiger partial charge in [0.1, 0.15) is 5.57 Å². The number of anilines is 1. The summed E-state index contributed by atoms with van der Waals surface area (Å²) in [5.74, 6) is -0.602. The summed E-state index contributed by atoms with van der Waals surface area (Å²) in [4.78, 5) is 53.0. The van der Waals surface area contributed by atoms with Crippen molar-refractivity contribution in [3.8, 4) is 17.2 Å². The third-order valence-electron chi connectivity index (χ3n) is 5.95. The Hall–Kier alpha value is -4.34. The van der Waals surface area contributed by atoms with Crippen molar-refractivity contribution in [2.45, 2.75) is 20.3 Å². The number of fused-ring (bicyclic) bond motifs is 1. The topological polar surface area (TPSA) is 114 Å². The lowest BCUT2D eigenvalue weighted by Gasteiger charge is -2.27. The predicted molar refractivity (Wildman–Crippen MR) is 126 cm³/mol. The first-order valence-electron chi connectivity index (χ1n) is 10.9. The highest BCUT2D eigenvalue weighted by Gasteiger charge is 2.38. The fourth-order valence-corrected chi connectivity index (χ4v) is 3.93. The Kier molecular flexibility index (Phi) is 6.46. The summed E-state index contributed by atoms with van der Waals surface area (Å²) in [6, 6.07) is 7.79. The van der Waals surface area contributed by atoms with Crippen LogP contribution in [-0.4, -0.2) is 56.1 Å². The third kappa shape index (κ3) is 4.42. The van der Waals surface area contributed by atoms with Crippen LogP contribution in [-0.2, 0) is 20.8 Å². The van der Waals surface area contributed by atoms with Crippen LogP contribution in [0.1, 0.15) is 23.6 Å². The number of barbiturate groups is 1. The zero-order valence-corrected chi connectivity index (χ0v) is 19.8. The molecular formula is C25H25N3O7. The average molecular weight is 479 g/mol. The highest BCUT2D eigenvalue weighted by atomic mass is 16.7. The van der Waals surface area contributed by atoms with Crippen molar-refractivity contribution in [2.75, 3.05) is 32.4 Å². The van der Waals surface area contributed by atoms with E-state index in [0.717, 1.165) is 4.90 Å². The normalized spacial score (nSPS) is 15.9. The van der Waals surface area contributed by atoms with Crippen LogP contribution in [0.3, 0.4) is 0 Å². The summed E-state index contributed by atoms with van der Waals surface area (Å²) in [5, 5.41) is 2.24. The number of nitrogens with one attached hydrogen (secondary N) is 1. The highest BCUT2D eigenvalue weighted by Crippen LogP contribution is 2.46. The quantitative estimate of drug-likeness (QED) is 0.500. The molecule has 0 unspecified atom stereocenters. The van der Waals surface area contributed by atoms with Crippen molar-refractivity contribution in [2.24, 2.45) is 0 Å². The molecule has 2 aromatic rings. The van der Waals surface area contributed by atoms with Crippen molar-refractivity contribution in [1.82, 2.24) is 10.2 Å². The maximum absolute atomic E-state index is 13.4. The SMILES string of the molecule is COc1c(/C=C2/C(=O)NC(=O)N(c3ccccc3C)C2=O)c(CCN(C)C(C)=O)cc2c1OCO2. The van der Waals surface area contributed by atoms with Crippen molar-refractivity contribution in [1.29, 1.82) is 0 Å². The summed E-state index contributed by atoms with van der Waals surface area (Å²) in [6.07, 6.45) is 1.78. The smallest absolute Gasteiger partial charge is 0.335 e. The Labute approximate surface area is 202 Å². The van der Waals surface area contributed by atoms with Crippen LogP contribution < -0.4 is 24.4 Å². The van der Waals surface area contributed by atoms with E-state index >= 15 is 0 Å². The van der Waals surface area contributed by atoms with Crippen LogP contribution >= 0.6 is 0 Å². The molecule has 0 spiro atoms. The number of carbonyl (C=O) groups excluding carboxylic acids is 4. The molecule has 10 heteroatoms. The molecule has 182 valence electrons. The van der Waals surface area contributed by atoms with Gasteiger partial charge in [-0.15, -0.1) is 0 Å². The lowest BCUT2D eigenvalue weighted by atomic mass is 9.97. The van der Waals surface area contributed by atoms with Gasteiger partial charge in [0.25, 0.3) is 11.8 Å². The van der Waals surface area contributed by atoms with Gasteiger partial charge in [-0.25, -0.2) is 9.69 Å². The summed E-state index contributed by atoms with van der Waals surface area (Å²) in [5.41, 5.74) is 1.91. The van der Waals surface area contributed by atoms with Crippen molar-refractivity contribution < 1.29 is 33.4 Å². The van der Waals surface area contributed by atoms with E-state index in [4.69, 9.17) is 14.2 Å². The van der Waals surface area contributed by atoms with E-state index in [1.807, 2.05) is 0 Å². The number of benzene rings is 2. The molecular weight excluding hydrogens is 454 g/mol. The number of nitrogens with zero attached hydrogens (tertiary/aromatic N) is 2. The zero-order chi connectivity index (χ0) is 25.3. The lowest BCUT2D eigenvalue weighted by Crippen LogP contribution is -2.54. The molecule has 2 heterocycles. The van der Waals surface area contributed by atoms with Crippen molar-refractivity contribution >= 4 is 35.5 Å². The first kappa shape index (κ1) is 23.8. The molecule has 1 saturated heterocycles. The molecule has 1 N–H and O–H groups in total. The largest absolute Gasteiger partial charge is 0.492 e. The van der Waals surface area contributed by atoms with Crippen LogP contribution in [0.5, 0.6) is 17.2 Å². The molecule has 0 atom stereocenters. The second-order valence-corrected chi connectivity index (χ2v) is 8.15. The van der Waals surface area contributed by atoms with E-state index in [2.05, 4.69) is 5.32 Å². The molecule has 4 rings (SSSR count). The number of para-hydroxylation sites is 1. The van der Waals surface area contributed by atoms with Gasteiger partial charge in [0.2, 0.25) is 18.4 Å². The molecule has 0 aliphatic carbocycles. The number of amides is 5. The fourth-order valence-electron chi connectivity index (χ4n) is 3.93. The van der Waals surface area contributed by atoms with Gasteiger partial charge in [0, 0.05) is 26.1 Å². The number of urea groups is 1. The minimum Gasteiger partial charge on any atom is -0.492 e. The van der Waals surface area contributed by atoms with Crippen LogP contribution in [0.25, 0.3) is 6.08 Å². The number of aryl methyl sites for hydroxylation is 1. The van der Waals surface area contributed by atoms with Gasteiger partial charge in [-0.3, -0.25) is 19.7 Å². The van der Waals surface area contributed by atoms with Crippen LogP contribution in [0.15, 0.2) is 35.9 Å². The average Bonchev–Trinajstić information content (AvgIpc) is 3.29. The van der Waals surface area contributed by atoms with Gasteiger partial charge in [0.15, 0.2) is 11.5 Å². The molecule has 0 bridgehead atoms. The number of hydrogen-bond acceptors (Lipinski definition) is 7. The number of carbonyl (C=O) groups is 4. The number of methoxy groups -OCH3 is 1. The number of rotatable bonds is 6. The van der Waals surface area contributed by atoms with Gasteiger partial charge in [-0.1, -0.05) is 18.2 Å². The summed E-state index contributed by atoms with van der Waals surface area (Å²) in [7, 11) is 3.12. The fraction of sp³-hybridized carbons (Fsp3) is 0.280. The zero-order valence-electron chi connectivity index (χ0n) is 19.8. The maximum atomic E-state index is 13.4. The first-order chi connectivity index (χ1) is 16.7.